The van der Waals surface area contributed by atoms with E-state index >= 15 is 0 Å². The average molecular weight is 224 g/mol. The molecule has 1 rings (SSSR count). The van der Waals surface area contributed by atoms with Crippen molar-refractivity contribution in [3.63, 3.8) is 0 Å². The summed E-state index contributed by atoms with van der Waals surface area (Å²) in [6.45, 7) is 7.92. The number of rotatable bonds is 3. The van der Waals surface area contributed by atoms with E-state index in [1.807, 2.05) is 27.1 Å². The standard InChI is InChI=1S/C13H24N2O/c1-6-10(2)13(16)11(3)8-7-9-12(13)14-15(4)5/h6,10-11,16H,1,7-9H2,2-5H3/b14-12+/t10?,11-,13-/m0/s1. The van der Waals surface area contributed by atoms with Crippen molar-refractivity contribution in [1.82, 2.24) is 5.01 Å². The molecule has 0 aliphatic heterocycles. The summed E-state index contributed by atoms with van der Waals surface area (Å²) in [4.78, 5) is 0. The second kappa shape index (κ2) is 5.00. The lowest BCUT2D eigenvalue weighted by atomic mass is 9.68. The Labute approximate surface area is 98.8 Å². The van der Waals surface area contributed by atoms with Crippen molar-refractivity contribution in [3.8, 4) is 0 Å². The van der Waals surface area contributed by atoms with Crippen LogP contribution < -0.4 is 0 Å². The van der Waals surface area contributed by atoms with Crippen LogP contribution in [0, 0.1) is 11.8 Å². The van der Waals surface area contributed by atoms with Crippen LogP contribution in [0.15, 0.2) is 17.8 Å². The first-order valence-corrected chi connectivity index (χ1v) is 6.03. The summed E-state index contributed by atoms with van der Waals surface area (Å²) >= 11 is 0. The molecule has 16 heavy (non-hydrogen) atoms. The van der Waals surface area contributed by atoms with Crippen molar-refractivity contribution in [2.75, 3.05) is 14.1 Å². The molecule has 0 heterocycles. The molecule has 0 aromatic carbocycles. The monoisotopic (exact) mass is 224 g/mol. The molecular weight excluding hydrogens is 200 g/mol. The topological polar surface area (TPSA) is 35.8 Å². The highest BCUT2D eigenvalue weighted by atomic mass is 16.3. The van der Waals surface area contributed by atoms with Gasteiger partial charge >= 0.3 is 0 Å². The van der Waals surface area contributed by atoms with Gasteiger partial charge in [-0.1, -0.05) is 19.9 Å². The lowest BCUT2D eigenvalue weighted by Crippen LogP contribution is -2.52. The quantitative estimate of drug-likeness (QED) is 0.589. The van der Waals surface area contributed by atoms with Gasteiger partial charge in [0.15, 0.2) is 0 Å². The van der Waals surface area contributed by atoms with Crippen molar-refractivity contribution in [2.24, 2.45) is 16.9 Å². The largest absolute Gasteiger partial charge is 0.383 e. The third-order valence-electron chi connectivity index (χ3n) is 3.63. The molecule has 0 saturated heterocycles. The highest BCUT2D eigenvalue weighted by Gasteiger charge is 2.45. The molecule has 1 aliphatic carbocycles. The zero-order valence-electron chi connectivity index (χ0n) is 10.9. The van der Waals surface area contributed by atoms with Gasteiger partial charge in [-0.3, -0.25) is 0 Å². The second-order valence-corrected chi connectivity index (χ2v) is 5.04. The molecule has 1 N–H and O–H groups in total. The molecule has 1 saturated carbocycles. The van der Waals surface area contributed by atoms with Crippen LogP contribution in [0.4, 0.5) is 0 Å². The average Bonchev–Trinajstić information content (AvgIpc) is 2.23. The van der Waals surface area contributed by atoms with Gasteiger partial charge in [0, 0.05) is 20.0 Å². The van der Waals surface area contributed by atoms with Gasteiger partial charge in [-0.15, -0.1) is 6.58 Å². The highest BCUT2D eigenvalue weighted by molar-refractivity contribution is 5.93. The minimum absolute atomic E-state index is 0.0431. The Morgan fingerprint density at radius 2 is 2.25 bits per heavy atom. The summed E-state index contributed by atoms with van der Waals surface area (Å²) in [7, 11) is 3.79. The van der Waals surface area contributed by atoms with Crippen molar-refractivity contribution in [2.45, 2.75) is 38.7 Å². The maximum atomic E-state index is 10.9. The van der Waals surface area contributed by atoms with Gasteiger partial charge in [0.1, 0.15) is 5.60 Å². The molecule has 92 valence electrons. The van der Waals surface area contributed by atoms with E-state index in [0.717, 1.165) is 25.0 Å². The van der Waals surface area contributed by atoms with Gasteiger partial charge in [0.05, 0.1) is 5.71 Å². The molecule has 3 heteroatoms. The van der Waals surface area contributed by atoms with E-state index < -0.39 is 5.60 Å². The van der Waals surface area contributed by atoms with E-state index in [1.54, 1.807) is 5.01 Å². The summed E-state index contributed by atoms with van der Waals surface area (Å²) in [6, 6.07) is 0. The van der Waals surface area contributed by atoms with E-state index in [9.17, 15) is 5.11 Å². The normalized spacial score (nSPS) is 34.8. The van der Waals surface area contributed by atoms with Crippen LogP contribution in [0.1, 0.15) is 33.1 Å². The molecule has 1 aliphatic rings. The summed E-state index contributed by atoms with van der Waals surface area (Å²) < 4.78 is 0. The number of hydrazone groups is 1. The molecule has 0 radical (unpaired) electrons. The molecule has 0 bridgehead atoms. The molecule has 0 spiro atoms. The Kier molecular flexibility index (Phi) is 4.14. The zero-order chi connectivity index (χ0) is 12.3. The first kappa shape index (κ1) is 13.2. The van der Waals surface area contributed by atoms with Gasteiger partial charge < -0.3 is 10.1 Å². The van der Waals surface area contributed by atoms with Gasteiger partial charge in [0.2, 0.25) is 0 Å². The minimum atomic E-state index is -0.815. The van der Waals surface area contributed by atoms with Crippen molar-refractivity contribution in [3.05, 3.63) is 12.7 Å². The molecule has 0 aromatic heterocycles. The van der Waals surface area contributed by atoms with E-state index in [-0.39, 0.29) is 11.8 Å². The Morgan fingerprint density at radius 3 is 2.75 bits per heavy atom. The maximum absolute atomic E-state index is 10.9. The fourth-order valence-corrected chi connectivity index (χ4v) is 2.54. The third-order valence-corrected chi connectivity index (χ3v) is 3.63. The third kappa shape index (κ3) is 2.29. The molecule has 1 fully saturated rings. The van der Waals surface area contributed by atoms with E-state index in [4.69, 9.17) is 0 Å². The van der Waals surface area contributed by atoms with Gasteiger partial charge in [-0.05, 0) is 25.2 Å². The smallest absolute Gasteiger partial charge is 0.113 e. The van der Waals surface area contributed by atoms with Crippen LogP contribution in [-0.2, 0) is 0 Å². The minimum Gasteiger partial charge on any atom is -0.383 e. The molecular formula is C13H24N2O. The predicted molar refractivity (Wildman–Crippen MR) is 68.4 cm³/mol. The lowest BCUT2D eigenvalue weighted by molar-refractivity contribution is 0.00722. The van der Waals surface area contributed by atoms with E-state index in [0.29, 0.717) is 0 Å². The van der Waals surface area contributed by atoms with Crippen LogP contribution in [0.3, 0.4) is 0 Å². The Bertz CT molecular complexity index is 286. The second-order valence-electron chi connectivity index (χ2n) is 5.04. The number of hydrogen-bond acceptors (Lipinski definition) is 3. The maximum Gasteiger partial charge on any atom is 0.113 e. The molecule has 3 atom stereocenters. The predicted octanol–water partition coefficient (Wildman–Crippen LogP) is 2.28. The number of nitrogens with zero attached hydrogens (tertiary/aromatic N) is 2. The van der Waals surface area contributed by atoms with Crippen LogP contribution >= 0.6 is 0 Å². The van der Waals surface area contributed by atoms with E-state index in [1.165, 1.54) is 0 Å². The first-order valence-electron chi connectivity index (χ1n) is 6.03. The number of hydrogen-bond donors (Lipinski definition) is 1. The Hall–Kier alpha value is -0.830. The molecule has 3 nitrogen and oxygen atoms in total. The van der Waals surface area contributed by atoms with Gasteiger partial charge in [0.25, 0.3) is 0 Å². The summed E-state index contributed by atoms with van der Waals surface area (Å²) in [5.41, 5.74) is 0.0909. The van der Waals surface area contributed by atoms with Crippen molar-refractivity contribution >= 4 is 5.71 Å². The zero-order valence-corrected chi connectivity index (χ0v) is 10.9. The highest BCUT2D eigenvalue weighted by Crippen LogP contribution is 2.37. The van der Waals surface area contributed by atoms with Gasteiger partial charge in [-0.25, -0.2) is 0 Å². The van der Waals surface area contributed by atoms with Crippen LogP contribution in [0.5, 0.6) is 0 Å². The van der Waals surface area contributed by atoms with Crippen molar-refractivity contribution < 1.29 is 5.11 Å². The van der Waals surface area contributed by atoms with Crippen LogP contribution in [0.2, 0.25) is 0 Å². The Morgan fingerprint density at radius 1 is 1.62 bits per heavy atom. The molecule has 0 amide bonds. The van der Waals surface area contributed by atoms with Crippen LogP contribution in [0.25, 0.3) is 0 Å². The summed E-state index contributed by atoms with van der Waals surface area (Å²) in [6.07, 6.45) is 4.88. The SMILES string of the molecule is C=CC(C)[C@@]1(O)/C(=N/N(C)C)CCC[C@@H]1C. The molecule has 1 unspecified atom stereocenters. The first-order chi connectivity index (χ1) is 7.42. The van der Waals surface area contributed by atoms with Crippen LogP contribution in [-0.4, -0.2) is 35.5 Å². The Balaban J connectivity index is 3.09. The van der Waals surface area contributed by atoms with E-state index in [2.05, 4.69) is 18.6 Å². The van der Waals surface area contributed by atoms with Crippen molar-refractivity contribution in [1.29, 1.82) is 0 Å². The summed E-state index contributed by atoms with van der Waals surface area (Å²) in [5, 5.41) is 17.1. The number of aliphatic hydroxyl groups is 1. The fourth-order valence-electron chi connectivity index (χ4n) is 2.54. The molecule has 0 aromatic rings. The van der Waals surface area contributed by atoms with Gasteiger partial charge in [-0.2, -0.15) is 5.10 Å². The summed E-state index contributed by atoms with van der Waals surface area (Å²) in [5.74, 6) is 0.287. The lowest BCUT2D eigenvalue weighted by Gasteiger charge is -2.42. The fraction of sp³-hybridized carbons (Fsp3) is 0.769.